The van der Waals surface area contributed by atoms with Crippen molar-refractivity contribution in [3.63, 3.8) is 0 Å². The smallest absolute Gasteiger partial charge is 0.344 e. The molecule has 6 N–H and O–H groups in total. The van der Waals surface area contributed by atoms with Crippen LogP contribution in [0, 0.1) is 0 Å². The van der Waals surface area contributed by atoms with Crippen LogP contribution < -0.4 is 6.15 Å². The van der Waals surface area contributed by atoms with Gasteiger partial charge in [0.25, 0.3) is 0 Å². The Balaban J connectivity index is 0.000000289. The lowest BCUT2D eigenvalue weighted by atomic mass is 10.6. The minimum Gasteiger partial charge on any atom is -0.344 e. The monoisotopic (exact) mass is 235 g/mol. The van der Waals surface area contributed by atoms with Gasteiger partial charge in [0.2, 0.25) is 0 Å². The Morgan fingerprint density at radius 1 is 1.27 bits per heavy atom. The van der Waals surface area contributed by atoms with Crippen LogP contribution in [0.1, 0.15) is 0 Å². The standard InChI is InChI=1S/C5H4N4.H3N.H2O4S/c1-4-5(8-2-6-1)9-3-7-4;;1-5(2,3)4/h1-3H,(H,6,7,8,9);1H3;(H2,1,2,3,4). The van der Waals surface area contributed by atoms with Gasteiger partial charge in [-0.2, -0.15) is 8.42 Å². The first kappa shape index (κ1) is 13.4. The molecule has 0 saturated heterocycles. The predicted molar refractivity (Wildman–Crippen MR) is 50.9 cm³/mol. The Bertz CT molecular complexity index is 471. The normalized spacial score (nSPS) is 10.0. The van der Waals surface area contributed by atoms with E-state index in [0.29, 0.717) is 5.65 Å². The highest BCUT2D eigenvalue weighted by Crippen LogP contribution is 1.99. The third-order valence-electron chi connectivity index (χ3n) is 1.10. The molecular weight excluding hydrogens is 226 g/mol. The summed E-state index contributed by atoms with van der Waals surface area (Å²) in [6.07, 6.45) is 4.76. The van der Waals surface area contributed by atoms with Gasteiger partial charge in [-0.15, -0.1) is 0 Å². The van der Waals surface area contributed by atoms with E-state index in [0.717, 1.165) is 5.52 Å². The van der Waals surface area contributed by atoms with Crippen LogP contribution in [0.4, 0.5) is 0 Å². The molecule has 0 bridgehead atoms. The van der Waals surface area contributed by atoms with Crippen molar-refractivity contribution in [2.24, 2.45) is 0 Å². The fourth-order valence-corrected chi connectivity index (χ4v) is 0.691. The highest BCUT2D eigenvalue weighted by Gasteiger charge is 1.91. The molecule has 0 aromatic carbocycles. The van der Waals surface area contributed by atoms with Crippen LogP contribution in [-0.4, -0.2) is 37.5 Å². The SMILES string of the molecule is N.O=S(=O)(O)O.c1ncc2[nH]cnc2n1. The number of aromatic nitrogens is 4. The van der Waals surface area contributed by atoms with Crippen molar-refractivity contribution >= 4 is 21.6 Å². The Labute approximate surface area is 84.8 Å². The van der Waals surface area contributed by atoms with Gasteiger partial charge in [0.1, 0.15) is 11.8 Å². The summed E-state index contributed by atoms with van der Waals surface area (Å²) in [4.78, 5) is 14.5. The summed E-state index contributed by atoms with van der Waals surface area (Å²) in [7, 11) is -4.67. The van der Waals surface area contributed by atoms with Gasteiger partial charge in [-0.25, -0.2) is 15.0 Å². The molecule has 10 heteroatoms. The van der Waals surface area contributed by atoms with Crippen LogP contribution in [0.25, 0.3) is 11.2 Å². The second kappa shape index (κ2) is 5.31. The first-order valence-corrected chi connectivity index (χ1v) is 4.65. The zero-order valence-corrected chi connectivity index (χ0v) is 8.22. The lowest BCUT2D eigenvalue weighted by Crippen LogP contribution is -1.89. The summed E-state index contributed by atoms with van der Waals surface area (Å²) in [6, 6.07) is 0. The number of aromatic amines is 1. The molecule has 2 rings (SSSR count). The molecule has 84 valence electrons. The molecule has 15 heavy (non-hydrogen) atoms. The number of rotatable bonds is 0. The zero-order chi connectivity index (χ0) is 10.6. The van der Waals surface area contributed by atoms with E-state index in [1.807, 2.05) is 0 Å². The quantitative estimate of drug-likeness (QED) is 0.458. The molecule has 0 unspecified atom stereocenters. The number of nitrogens with one attached hydrogen (secondary N) is 1. The van der Waals surface area contributed by atoms with E-state index >= 15 is 0 Å². The number of hydrogen-bond acceptors (Lipinski definition) is 6. The van der Waals surface area contributed by atoms with Gasteiger partial charge in [-0.05, 0) is 0 Å². The van der Waals surface area contributed by atoms with E-state index < -0.39 is 10.4 Å². The summed E-state index contributed by atoms with van der Waals surface area (Å²) in [5.74, 6) is 0. The molecule has 0 amide bonds. The van der Waals surface area contributed by atoms with Crippen molar-refractivity contribution in [3.05, 3.63) is 18.9 Å². The van der Waals surface area contributed by atoms with Gasteiger partial charge in [-0.1, -0.05) is 0 Å². The molecule has 2 aromatic rings. The maximum atomic E-state index is 8.74. The summed E-state index contributed by atoms with van der Waals surface area (Å²) in [5.41, 5.74) is 1.59. The van der Waals surface area contributed by atoms with Crippen LogP contribution in [0.3, 0.4) is 0 Å². The minimum absolute atomic E-state index is 0. The maximum absolute atomic E-state index is 8.74. The Morgan fingerprint density at radius 3 is 2.40 bits per heavy atom. The molecule has 0 aliphatic rings. The van der Waals surface area contributed by atoms with Gasteiger partial charge in [-0.3, -0.25) is 9.11 Å². The Morgan fingerprint density at radius 2 is 1.87 bits per heavy atom. The highest BCUT2D eigenvalue weighted by atomic mass is 32.3. The number of imidazole rings is 1. The molecule has 0 atom stereocenters. The summed E-state index contributed by atoms with van der Waals surface area (Å²) >= 11 is 0. The molecule has 0 spiro atoms. The lowest BCUT2D eigenvalue weighted by molar-refractivity contribution is 0.381. The fourth-order valence-electron chi connectivity index (χ4n) is 0.691. The van der Waals surface area contributed by atoms with Gasteiger partial charge in [0, 0.05) is 0 Å². The van der Waals surface area contributed by atoms with E-state index in [4.69, 9.17) is 17.5 Å². The third kappa shape index (κ3) is 5.64. The summed E-state index contributed by atoms with van der Waals surface area (Å²) in [6.45, 7) is 0. The molecular formula is C5H9N5O4S. The first-order valence-electron chi connectivity index (χ1n) is 3.26. The van der Waals surface area contributed by atoms with Gasteiger partial charge >= 0.3 is 10.4 Å². The van der Waals surface area contributed by atoms with E-state index in [9.17, 15) is 0 Å². The number of fused-ring (bicyclic) bond motifs is 1. The van der Waals surface area contributed by atoms with Crippen molar-refractivity contribution in [2.45, 2.75) is 0 Å². The van der Waals surface area contributed by atoms with Crippen molar-refractivity contribution in [1.29, 1.82) is 0 Å². The van der Waals surface area contributed by atoms with Crippen LogP contribution in [0.5, 0.6) is 0 Å². The van der Waals surface area contributed by atoms with Crippen LogP contribution in [0.2, 0.25) is 0 Å². The summed E-state index contributed by atoms with van der Waals surface area (Å²) in [5, 5.41) is 0. The predicted octanol–water partition coefficient (Wildman–Crippen LogP) is -0.138. The van der Waals surface area contributed by atoms with E-state index in [2.05, 4.69) is 19.9 Å². The molecule has 2 aromatic heterocycles. The van der Waals surface area contributed by atoms with E-state index in [-0.39, 0.29) is 6.15 Å². The molecule has 0 radical (unpaired) electrons. The fraction of sp³-hybridized carbons (Fsp3) is 0. The van der Waals surface area contributed by atoms with Crippen LogP contribution in [0.15, 0.2) is 18.9 Å². The van der Waals surface area contributed by atoms with Gasteiger partial charge < -0.3 is 11.1 Å². The average molecular weight is 235 g/mol. The molecule has 2 heterocycles. The topological polar surface area (TPSA) is 164 Å². The van der Waals surface area contributed by atoms with E-state index in [1.165, 1.54) is 6.33 Å². The van der Waals surface area contributed by atoms with Crippen molar-refractivity contribution in [1.82, 2.24) is 26.1 Å². The van der Waals surface area contributed by atoms with Crippen LogP contribution >= 0.6 is 0 Å². The molecule has 0 fully saturated rings. The second-order valence-electron chi connectivity index (χ2n) is 2.11. The Hall–Kier alpha value is -1.62. The highest BCUT2D eigenvalue weighted by molar-refractivity contribution is 7.79. The van der Waals surface area contributed by atoms with Crippen LogP contribution in [-0.2, 0) is 10.4 Å². The zero-order valence-electron chi connectivity index (χ0n) is 7.40. The van der Waals surface area contributed by atoms with Gasteiger partial charge in [0.05, 0.1) is 12.5 Å². The Kier molecular flexibility index (Phi) is 4.73. The number of H-pyrrole nitrogens is 1. The number of nitrogens with zero attached hydrogens (tertiary/aromatic N) is 3. The third-order valence-corrected chi connectivity index (χ3v) is 1.10. The lowest BCUT2D eigenvalue weighted by Gasteiger charge is -1.80. The average Bonchev–Trinajstić information content (AvgIpc) is 2.47. The second-order valence-corrected chi connectivity index (χ2v) is 3.01. The first-order chi connectivity index (χ1) is 6.47. The molecule has 9 nitrogen and oxygen atoms in total. The molecule has 0 aliphatic heterocycles. The van der Waals surface area contributed by atoms with Crippen molar-refractivity contribution in [2.75, 3.05) is 0 Å². The molecule has 0 aliphatic carbocycles. The largest absolute Gasteiger partial charge is 0.394 e. The maximum Gasteiger partial charge on any atom is 0.394 e. The molecule has 0 saturated carbocycles. The van der Waals surface area contributed by atoms with Crippen molar-refractivity contribution in [3.8, 4) is 0 Å². The number of hydrogen-bond donors (Lipinski definition) is 4. The van der Waals surface area contributed by atoms with Gasteiger partial charge in [0.15, 0.2) is 5.65 Å². The van der Waals surface area contributed by atoms with Crippen molar-refractivity contribution < 1.29 is 17.5 Å². The minimum atomic E-state index is -4.67. The summed E-state index contributed by atoms with van der Waals surface area (Å²) < 4.78 is 31.6. The van der Waals surface area contributed by atoms with E-state index in [1.54, 1.807) is 12.5 Å².